The molecule has 0 heterocycles. The minimum atomic E-state index is -0.552. The number of rotatable bonds is 4. The van der Waals surface area contributed by atoms with Crippen molar-refractivity contribution in [2.45, 2.75) is 26.6 Å². The molecule has 0 unspecified atom stereocenters. The third kappa shape index (κ3) is 3.58. The normalized spacial score (nSPS) is 12.2. The van der Waals surface area contributed by atoms with Crippen LogP contribution in [0, 0.1) is 6.92 Å². The van der Waals surface area contributed by atoms with Gasteiger partial charge in [0, 0.05) is 10.0 Å². The zero-order valence-corrected chi connectivity index (χ0v) is 12.6. The van der Waals surface area contributed by atoms with Gasteiger partial charge in [0.1, 0.15) is 12.4 Å². The molecule has 2 rings (SSSR count). The van der Waals surface area contributed by atoms with Gasteiger partial charge in [0.2, 0.25) is 0 Å². The Hall–Kier alpha value is -1.32. The summed E-state index contributed by atoms with van der Waals surface area (Å²) in [4.78, 5) is 0. The molecule has 0 fully saturated rings. The first-order valence-corrected chi connectivity index (χ1v) is 7.02. The van der Waals surface area contributed by atoms with Crippen LogP contribution in [-0.2, 0) is 6.61 Å². The maximum absolute atomic E-state index is 9.78. The van der Waals surface area contributed by atoms with E-state index in [1.54, 1.807) is 6.92 Å². The van der Waals surface area contributed by atoms with E-state index in [-0.39, 0.29) is 0 Å². The summed E-state index contributed by atoms with van der Waals surface area (Å²) in [7, 11) is 0. The van der Waals surface area contributed by atoms with Gasteiger partial charge in [-0.1, -0.05) is 40.2 Å². The molecule has 0 aliphatic heterocycles. The molecule has 3 heteroatoms. The summed E-state index contributed by atoms with van der Waals surface area (Å²) in [5, 5.41) is 9.78. The second-order valence-electron chi connectivity index (χ2n) is 4.57. The highest BCUT2D eigenvalue weighted by Crippen LogP contribution is 2.29. The van der Waals surface area contributed by atoms with Crippen molar-refractivity contribution in [2.75, 3.05) is 0 Å². The largest absolute Gasteiger partial charge is 0.489 e. The molecule has 1 atom stereocenters. The van der Waals surface area contributed by atoms with Gasteiger partial charge < -0.3 is 9.84 Å². The molecule has 19 heavy (non-hydrogen) atoms. The smallest absolute Gasteiger partial charge is 0.125 e. The van der Waals surface area contributed by atoms with Crippen molar-refractivity contribution in [1.82, 2.24) is 0 Å². The van der Waals surface area contributed by atoms with E-state index in [0.29, 0.717) is 6.61 Å². The van der Waals surface area contributed by atoms with Crippen LogP contribution >= 0.6 is 15.9 Å². The van der Waals surface area contributed by atoms with Crippen molar-refractivity contribution in [2.24, 2.45) is 0 Å². The molecule has 2 aromatic carbocycles. The fourth-order valence-corrected chi connectivity index (χ4v) is 2.28. The van der Waals surface area contributed by atoms with Crippen LogP contribution in [0.5, 0.6) is 5.75 Å². The van der Waals surface area contributed by atoms with Gasteiger partial charge >= 0.3 is 0 Å². The molecule has 0 aromatic heterocycles. The molecule has 0 amide bonds. The fourth-order valence-electron chi connectivity index (χ4n) is 1.90. The quantitative estimate of drug-likeness (QED) is 0.905. The first kappa shape index (κ1) is 14.1. The van der Waals surface area contributed by atoms with Crippen LogP contribution in [0.1, 0.15) is 29.7 Å². The molecule has 0 saturated heterocycles. The van der Waals surface area contributed by atoms with Crippen molar-refractivity contribution in [3.05, 3.63) is 63.6 Å². The summed E-state index contributed by atoms with van der Waals surface area (Å²) in [6, 6.07) is 13.8. The number of hydrogen-bond donors (Lipinski definition) is 1. The monoisotopic (exact) mass is 320 g/mol. The summed E-state index contributed by atoms with van der Waals surface area (Å²) < 4.78 is 6.78. The molecule has 1 N–H and O–H groups in total. The summed E-state index contributed by atoms with van der Waals surface area (Å²) >= 11 is 3.41. The molecule has 0 saturated carbocycles. The highest BCUT2D eigenvalue weighted by atomic mass is 79.9. The number of hydrogen-bond acceptors (Lipinski definition) is 2. The van der Waals surface area contributed by atoms with Crippen LogP contribution in [0.3, 0.4) is 0 Å². The predicted octanol–water partition coefficient (Wildman–Crippen LogP) is 4.39. The number of ether oxygens (including phenoxy) is 1. The zero-order chi connectivity index (χ0) is 13.8. The summed E-state index contributed by atoms with van der Waals surface area (Å²) in [5.74, 6) is 0.724. The van der Waals surface area contributed by atoms with Gasteiger partial charge in [-0.15, -0.1) is 0 Å². The lowest BCUT2D eigenvalue weighted by Gasteiger charge is -2.14. The second-order valence-corrected chi connectivity index (χ2v) is 5.49. The molecule has 2 aromatic rings. The average molecular weight is 321 g/mol. The topological polar surface area (TPSA) is 29.5 Å². The summed E-state index contributed by atoms with van der Waals surface area (Å²) in [6.45, 7) is 4.31. The van der Waals surface area contributed by atoms with Crippen LogP contribution in [0.2, 0.25) is 0 Å². The number of benzene rings is 2. The van der Waals surface area contributed by atoms with Gasteiger partial charge in [0.25, 0.3) is 0 Å². The Morgan fingerprint density at radius 2 is 1.95 bits per heavy atom. The number of aliphatic hydroxyl groups is 1. The Labute approximate surface area is 122 Å². The van der Waals surface area contributed by atoms with Crippen LogP contribution in [0.4, 0.5) is 0 Å². The summed E-state index contributed by atoms with van der Waals surface area (Å²) in [6.07, 6.45) is -0.552. The van der Waals surface area contributed by atoms with Gasteiger partial charge in [-0.3, -0.25) is 0 Å². The molecular formula is C16H17BrO2. The minimum absolute atomic E-state index is 0.508. The van der Waals surface area contributed by atoms with Crippen molar-refractivity contribution < 1.29 is 9.84 Å². The van der Waals surface area contributed by atoms with Crippen molar-refractivity contribution in [3.63, 3.8) is 0 Å². The van der Waals surface area contributed by atoms with Crippen molar-refractivity contribution >= 4 is 15.9 Å². The van der Waals surface area contributed by atoms with E-state index < -0.39 is 6.10 Å². The van der Waals surface area contributed by atoms with Crippen LogP contribution in [-0.4, -0.2) is 5.11 Å². The number of aryl methyl sites for hydroxylation is 1. The maximum atomic E-state index is 9.78. The minimum Gasteiger partial charge on any atom is -0.489 e. The highest BCUT2D eigenvalue weighted by molar-refractivity contribution is 9.10. The van der Waals surface area contributed by atoms with Gasteiger partial charge in [0.15, 0.2) is 0 Å². The lowest BCUT2D eigenvalue weighted by molar-refractivity contribution is 0.190. The zero-order valence-electron chi connectivity index (χ0n) is 11.1. The Kier molecular flexibility index (Phi) is 4.61. The SMILES string of the molecule is Cc1ccccc1COc1ccc(Br)cc1[C@H](C)O. The first-order chi connectivity index (χ1) is 9.08. The van der Waals surface area contributed by atoms with E-state index >= 15 is 0 Å². The highest BCUT2D eigenvalue weighted by Gasteiger charge is 2.10. The summed E-state index contributed by atoms with van der Waals surface area (Å²) in [5.41, 5.74) is 3.16. The van der Waals surface area contributed by atoms with E-state index in [4.69, 9.17) is 4.74 Å². The average Bonchev–Trinajstić information content (AvgIpc) is 2.38. The van der Waals surface area contributed by atoms with E-state index in [0.717, 1.165) is 21.3 Å². The Morgan fingerprint density at radius 1 is 1.21 bits per heavy atom. The van der Waals surface area contributed by atoms with Gasteiger partial charge in [-0.2, -0.15) is 0 Å². The Bertz CT molecular complexity index is 564. The van der Waals surface area contributed by atoms with E-state index in [1.165, 1.54) is 5.56 Å². The molecule has 2 nitrogen and oxygen atoms in total. The van der Waals surface area contributed by atoms with E-state index in [1.807, 2.05) is 30.3 Å². The molecule has 0 spiro atoms. The first-order valence-electron chi connectivity index (χ1n) is 6.22. The number of halogens is 1. The van der Waals surface area contributed by atoms with Crippen LogP contribution < -0.4 is 4.74 Å². The third-order valence-corrected chi connectivity index (χ3v) is 3.56. The lowest BCUT2D eigenvalue weighted by Crippen LogP contribution is -2.02. The molecule has 0 radical (unpaired) electrons. The molecule has 100 valence electrons. The van der Waals surface area contributed by atoms with Crippen molar-refractivity contribution in [1.29, 1.82) is 0 Å². The second kappa shape index (κ2) is 6.22. The maximum Gasteiger partial charge on any atom is 0.125 e. The van der Waals surface area contributed by atoms with Crippen LogP contribution in [0.25, 0.3) is 0 Å². The predicted molar refractivity (Wildman–Crippen MR) is 80.3 cm³/mol. The van der Waals surface area contributed by atoms with E-state index in [9.17, 15) is 5.11 Å². The number of aliphatic hydroxyl groups excluding tert-OH is 1. The lowest BCUT2D eigenvalue weighted by atomic mass is 10.1. The Morgan fingerprint density at radius 3 is 2.63 bits per heavy atom. The standard InChI is InChI=1S/C16H17BrO2/c1-11-5-3-4-6-13(11)10-19-16-8-7-14(17)9-15(16)12(2)18/h3-9,12,18H,10H2,1-2H3/t12-/m0/s1. The molecule has 0 aliphatic rings. The third-order valence-electron chi connectivity index (χ3n) is 3.07. The molecule has 0 aliphatic carbocycles. The van der Waals surface area contributed by atoms with E-state index in [2.05, 4.69) is 35.0 Å². The van der Waals surface area contributed by atoms with Crippen LogP contribution in [0.15, 0.2) is 46.9 Å². The van der Waals surface area contributed by atoms with Crippen molar-refractivity contribution in [3.8, 4) is 5.75 Å². The van der Waals surface area contributed by atoms with Gasteiger partial charge in [-0.05, 0) is 43.2 Å². The van der Waals surface area contributed by atoms with Gasteiger partial charge in [-0.25, -0.2) is 0 Å². The Balaban J connectivity index is 2.18. The molecule has 0 bridgehead atoms. The molecular weight excluding hydrogens is 304 g/mol. The van der Waals surface area contributed by atoms with Gasteiger partial charge in [0.05, 0.1) is 6.10 Å². The fraction of sp³-hybridized carbons (Fsp3) is 0.250.